The van der Waals surface area contributed by atoms with Crippen LogP contribution in [0.4, 0.5) is 11.4 Å². The van der Waals surface area contributed by atoms with Crippen molar-refractivity contribution in [2.75, 3.05) is 11.5 Å². The minimum absolute atomic E-state index is 0.557. The molecule has 0 fully saturated rings. The van der Waals surface area contributed by atoms with E-state index < -0.39 is 0 Å². The van der Waals surface area contributed by atoms with Crippen molar-refractivity contribution in [2.24, 2.45) is 0 Å². The molecule has 0 radical (unpaired) electrons. The van der Waals surface area contributed by atoms with Gasteiger partial charge in [0.1, 0.15) is 11.5 Å². The maximum Gasteiger partial charge on any atom is 0.136 e. The quantitative estimate of drug-likeness (QED) is 0.682. The van der Waals surface area contributed by atoms with Crippen molar-refractivity contribution in [2.45, 2.75) is 13.8 Å². The number of benzene rings is 2. The molecule has 0 unspecified atom stereocenters. The van der Waals surface area contributed by atoms with Gasteiger partial charge in [-0.3, -0.25) is 0 Å². The number of anilines is 2. The average Bonchev–Trinajstić information content (AvgIpc) is 2.56. The molecule has 0 aliphatic carbocycles. The molecule has 0 aliphatic rings. The highest BCUT2D eigenvalue weighted by Crippen LogP contribution is 2.38. The summed E-state index contributed by atoms with van der Waals surface area (Å²) in [6.45, 7) is 3.70. The first kappa shape index (κ1) is 17.3. The lowest BCUT2D eigenvalue weighted by Crippen LogP contribution is -1.96. The standard InChI is InChI=1S/C18H18Cl2N2O/c1-3-15(19)13-9-11(21)5-7-17(13)23-18-8-6-12(22)10-14(18)16(20)4-2/h3-10H,21-22H2,1-2H3/b15-3+,16-4+. The number of halogens is 2. The third-order valence-electron chi connectivity index (χ3n) is 3.25. The highest BCUT2D eigenvalue weighted by molar-refractivity contribution is 6.49. The zero-order valence-corrected chi connectivity index (χ0v) is 14.4. The molecule has 0 saturated carbocycles. The second kappa shape index (κ2) is 7.44. The second-order valence-corrected chi connectivity index (χ2v) is 5.70. The Morgan fingerprint density at radius 1 is 0.826 bits per heavy atom. The molecule has 0 saturated heterocycles. The van der Waals surface area contributed by atoms with Gasteiger partial charge >= 0.3 is 0 Å². The lowest BCUT2D eigenvalue weighted by atomic mass is 10.1. The first-order valence-electron chi connectivity index (χ1n) is 7.07. The molecule has 120 valence electrons. The molecule has 0 amide bonds. The Morgan fingerprint density at radius 2 is 1.22 bits per heavy atom. The van der Waals surface area contributed by atoms with Crippen LogP contribution in [-0.4, -0.2) is 0 Å². The van der Waals surface area contributed by atoms with E-state index in [4.69, 9.17) is 39.4 Å². The Hall–Kier alpha value is -2.10. The van der Waals surface area contributed by atoms with Gasteiger partial charge in [-0.2, -0.15) is 0 Å². The van der Waals surface area contributed by atoms with E-state index in [1.807, 2.05) is 13.8 Å². The molecule has 0 aromatic heterocycles. The Kier molecular flexibility index (Phi) is 5.59. The van der Waals surface area contributed by atoms with Crippen molar-refractivity contribution >= 4 is 44.6 Å². The van der Waals surface area contributed by atoms with Gasteiger partial charge in [0.15, 0.2) is 0 Å². The van der Waals surface area contributed by atoms with Crippen LogP contribution in [-0.2, 0) is 0 Å². The predicted molar refractivity (Wildman–Crippen MR) is 101 cm³/mol. The van der Waals surface area contributed by atoms with Crippen LogP contribution < -0.4 is 16.2 Å². The fourth-order valence-electron chi connectivity index (χ4n) is 2.08. The summed E-state index contributed by atoms with van der Waals surface area (Å²) >= 11 is 12.5. The molecule has 4 N–H and O–H groups in total. The smallest absolute Gasteiger partial charge is 0.136 e. The number of nitrogen functional groups attached to an aromatic ring is 2. The normalized spacial score (nSPS) is 12.3. The van der Waals surface area contributed by atoms with E-state index in [1.54, 1.807) is 48.6 Å². The van der Waals surface area contributed by atoms with Crippen LogP contribution in [0, 0.1) is 0 Å². The molecule has 0 bridgehead atoms. The molecule has 23 heavy (non-hydrogen) atoms. The van der Waals surface area contributed by atoms with Gasteiger partial charge in [0, 0.05) is 32.6 Å². The van der Waals surface area contributed by atoms with Gasteiger partial charge in [0.05, 0.1) is 0 Å². The fraction of sp³-hybridized carbons (Fsp3) is 0.111. The van der Waals surface area contributed by atoms with Gasteiger partial charge in [0.2, 0.25) is 0 Å². The maximum atomic E-state index is 6.26. The van der Waals surface area contributed by atoms with Gasteiger partial charge < -0.3 is 16.2 Å². The van der Waals surface area contributed by atoms with E-state index in [0.717, 1.165) is 0 Å². The van der Waals surface area contributed by atoms with Gasteiger partial charge in [-0.05, 0) is 50.2 Å². The van der Waals surface area contributed by atoms with Gasteiger partial charge in [-0.15, -0.1) is 0 Å². The number of nitrogens with two attached hydrogens (primary N) is 2. The lowest BCUT2D eigenvalue weighted by molar-refractivity contribution is 0.480. The summed E-state index contributed by atoms with van der Waals surface area (Å²) in [6, 6.07) is 10.6. The first-order chi connectivity index (χ1) is 11.0. The summed E-state index contributed by atoms with van der Waals surface area (Å²) in [5.41, 5.74) is 14.3. The Morgan fingerprint density at radius 3 is 1.57 bits per heavy atom. The molecular weight excluding hydrogens is 331 g/mol. The minimum Gasteiger partial charge on any atom is -0.456 e. The molecule has 2 aromatic carbocycles. The summed E-state index contributed by atoms with van der Waals surface area (Å²) in [6.07, 6.45) is 3.57. The van der Waals surface area contributed by atoms with E-state index in [0.29, 0.717) is 44.1 Å². The van der Waals surface area contributed by atoms with E-state index in [-0.39, 0.29) is 0 Å². The topological polar surface area (TPSA) is 61.3 Å². The Bertz CT molecular complexity index is 717. The molecule has 0 spiro atoms. The molecule has 0 aliphatic heterocycles. The van der Waals surface area contributed by atoms with Crippen molar-refractivity contribution < 1.29 is 4.74 Å². The summed E-state index contributed by atoms with van der Waals surface area (Å²) in [7, 11) is 0. The van der Waals surface area contributed by atoms with Crippen molar-refractivity contribution in [3.05, 3.63) is 59.7 Å². The molecule has 2 aromatic rings. The summed E-state index contributed by atoms with van der Waals surface area (Å²) in [5, 5.41) is 1.11. The zero-order chi connectivity index (χ0) is 17.0. The third kappa shape index (κ3) is 4.01. The van der Waals surface area contributed by atoms with Crippen molar-refractivity contribution in [1.29, 1.82) is 0 Å². The maximum absolute atomic E-state index is 6.26. The minimum atomic E-state index is 0.557. The van der Waals surface area contributed by atoms with E-state index in [1.165, 1.54) is 0 Å². The fourth-order valence-corrected chi connectivity index (χ4v) is 2.37. The average molecular weight is 349 g/mol. The largest absolute Gasteiger partial charge is 0.456 e. The van der Waals surface area contributed by atoms with E-state index >= 15 is 0 Å². The molecule has 3 nitrogen and oxygen atoms in total. The van der Waals surface area contributed by atoms with Crippen molar-refractivity contribution in [3.8, 4) is 11.5 Å². The van der Waals surface area contributed by atoms with Crippen LogP contribution in [0.2, 0.25) is 0 Å². The van der Waals surface area contributed by atoms with Crippen LogP contribution in [0.25, 0.3) is 10.1 Å². The first-order valence-corrected chi connectivity index (χ1v) is 7.83. The van der Waals surface area contributed by atoms with Crippen LogP contribution in [0.15, 0.2) is 48.6 Å². The SMILES string of the molecule is C/C=C(/Cl)c1cc(N)ccc1Oc1ccc(N)cc1/C(Cl)=C\C. The van der Waals surface area contributed by atoms with Crippen molar-refractivity contribution in [3.63, 3.8) is 0 Å². The predicted octanol–water partition coefficient (Wildman–Crippen LogP) is 5.84. The number of hydrogen-bond acceptors (Lipinski definition) is 3. The number of rotatable bonds is 4. The molecule has 0 heterocycles. The molecule has 0 atom stereocenters. The monoisotopic (exact) mass is 348 g/mol. The lowest BCUT2D eigenvalue weighted by Gasteiger charge is -2.15. The number of ether oxygens (including phenoxy) is 1. The summed E-state index contributed by atoms with van der Waals surface area (Å²) in [4.78, 5) is 0. The number of hydrogen-bond donors (Lipinski definition) is 2. The van der Waals surface area contributed by atoms with Gasteiger partial charge in [0.25, 0.3) is 0 Å². The third-order valence-corrected chi connectivity index (χ3v) is 4.09. The molecule has 5 heteroatoms. The van der Waals surface area contributed by atoms with Crippen LogP contribution >= 0.6 is 23.2 Å². The second-order valence-electron chi connectivity index (χ2n) is 4.89. The zero-order valence-electron chi connectivity index (χ0n) is 12.9. The number of allylic oxidation sites excluding steroid dienone is 2. The van der Waals surface area contributed by atoms with Gasteiger partial charge in [-0.25, -0.2) is 0 Å². The van der Waals surface area contributed by atoms with Crippen molar-refractivity contribution in [1.82, 2.24) is 0 Å². The molecular formula is C18H18Cl2N2O. The summed E-state index contributed by atoms with van der Waals surface area (Å²) < 4.78 is 6.03. The Balaban J connectivity index is 2.52. The van der Waals surface area contributed by atoms with E-state index in [9.17, 15) is 0 Å². The molecule has 2 rings (SSSR count). The van der Waals surface area contributed by atoms with Crippen LogP contribution in [0.5, 0.6) is 11.5 Å². The summed E-state index contributed by atoms with van der Waals surface area (Å²) in [5.74, 6) is 1.18. The van der Waals surface area contributed by atoms with E-state index in [2.05, 4.69) is 0 Å². The van der Waals surface area contributed by atoms with Crippen LogP contribution in [0.1, 0.15) is 25.0 Å². The Labute approximate surface area is 146 Å². The highest BCUT2D eigenvalue weighted by Gasteiger charge is 2.13. The van der Waals surface area contributed by atoms with Gasteiger partial charge in [-0.1, -0.05) is 35.4 Å². The highest BCUT2D eigenvalue weighted by atomic mass is 35.5. The van der Waals surface area contributed by atoms with Crippen LogP contribution in [0.3, 0.4) is 0 Å².